The van der Waals surface area contributed by atoms with E-state index in [-0.39, 0.29) is 18.1 Å². The highest BCUT2D eigenvalue weighted by Gasteiger charge is 2.44. The maximum Gasteiger partial charge on any atom is 0.257 e. The average Bonchev–Trinajstić information content (AvgIpc) is 3.11. The quantitative estimate of drug-likeness (QED) is 0.876. The number of rotatable bonds is 4. The molecule has 7 nitrogen and oxygen atoms in total. The van der Waals surface area contributed by atoms with E-state index >= 15 is 0 Å². The van der Waals surface area contributed by atoms with Crippen molar-refractivity contribution in [2.24, 2.45) is 11.8 Å². The van der Waals surface area contributed by atoms with Crippen LogP contribution in [0, 0.1) is 25.7 Å². The lowest BCUT2D eigenvalue weighted by atomic mass is 9.77. The molecule has 0 radical (unpaired) electrons. The Morgan fingerprint density at radius 1 is 1.11 bits per heavy atom. The molecule has 1 aliphatic heterocycles. The standard InChI is InChI=1S/C21H27N5O2/c1-13-20(14(2)24-12-23-13)21(27)26-10-15-8-17(18(28-3)9-16(15)11-26)25-19-6-4-5-7-22-19/h4-7,12,15-18H,8-11H2,1-3H3,(H,22,25)/t15-,16+,17-,18-/m1/s1. The molecule has 2 aromatic rings. The first kappa shape index (κ1) is 18.8. The Labute approximate surface area is 165 Å². The Kier molecular flexibility index (Phi) is 5.26. The summed E-state index contributed by atoms with van der Waals surface area (Å²) in [4.78, 5) is 27.9. The van der Waals surface area contributed by atoms with Crippen LogP contribution in [-0.2, 0) is 4.74 Å². The fraction of sp³-hybridized carbons (Fsp3) is 0.524. The van der Waals surface area contributed by atoms with Gasteiger partial charge in [0.1, 0.15) is 12.1 Å². The Balaban J connectivity index is 1.48. The molecule has 0 aromatic carbocycles. The van der Waals surface area contributed by atoms with Gasteiger partial charge in [0.05, 0.1) is 29.1 Å². The van der Waals surface area contributed by atoms with Gasteiger partial charge in [0.25, 0.3) is 5.91 Å². The molecule has 0 spiro atoms. The van der Waals surface area contributed by atoms with Gasteiger partial charge in [-0.25, -0.2) is 15.0 Å². The first-order chi connectivity index (χ1) is 13.6. The second-order valence-corrected chi connectivity index (χ2v) is 7.86. The van der Waals surface area contributed by atoms with Crippen molar-refractivity contribution in [3.8, 4) is 0 Å². The number of amides is 1. The fourth-order valence-electron chi connectivity index (χ4n) is 4.69. The van der Waals surface area contributed by atoms with Crippen molar-refractivity contribution in [3.05, 3.63) is 47.7 Å². The van der Waals surface area contributed by atoms with Crippen LogP contribution in [0.1, 0.15) is 34.6 Å². The van der Waals surface area contributed by atoms with Crippen LogP contribution in [0.3, 0.4) is 0 Å². The number of ether oxygens (including phenoxy) is 1. The molecule has 1 saturated carbocycles. The van der Waals surface area contributed by atoms with Crippen molar-refractivity contribution in [3.63, 3.8) is 0 Å². The van der Waals surface area contributed by atoms with Crippen LogP contribution >= 0.6 is 0 Å². The summed E-state index contributed by atoms with van der Waals surface area (Å²) in [6.45, 7) is 5.29. The third-order valence-electron chi connectivity index (χ3n) is 6.15. The zero-order valence-corrected chi connectivity index (χ0v) is 16.6. The average molecular weight is 381 g/mol. The minimum absolute atomic E-state index is 0.0493. The monoisotopic (exact) mass is 381 g/mol. The molecule has 7 heteroatoms. The Morgan fingerprint density at radius 3 is 2.46 bits per heavy atom. The number of nitrogens with one attached hydrogen (secondary N) is 1. The number of aromatic nitrogens is 3. The fourth-order valence-corrected chi connectivity index (χ4v) is 4.69. The number of pyridine rings is 1. The first-order valence-corrected chi connectivity index (χ1v) is 9.84. The van der Waals surface area contributed by atoms with Crippen molar-refractivity contribution in [2.75, 3.05) is 25.5 Å². The summed E-state index contributed by atoms with van der Waals surface area (Å²) in [6.07, 6.45) is 5.33. The van der Waals surface area contributed by atoms with Gasteiger partial charge in [-0.15, -0.1) is 0 Å². The van der Waals surface area contributed by atoms with Crippen molar-refractivity contribution in [1.29, 1.82) is 0 Å². The Hall–Kier alpha value is -2.54. The summed E-state index contributed by atoms with van der Waals surface area (Å²) in [5.41, 5.74) is 2.14. The summed E-state index contributed by atoms with van der Waals surface area (Å²) >= 11 is 0. The minimum Gasteiger partial charge on any atom is -0.379 e. The number of nitrogens with zero attached hydrogens (tertiary/aromatic N) is 4. The number of hydrogen-bond donors (Lipinski definition) is 1. The number of likely N-dealkylation sites (tertiary alicyclic amines) is 1. The summed E-state index contributed by atoms with van der Waals surface area (Å²) in [5.74, 6) is 1.84. The van der Waals surface area contributed by atoms with Gasteiger partial charge in [-0.3, -0.25) is 4.79 Å². The van der Waals surface area contributed by atoms with Crippen LogP contribution in [0.25, 0.3) is 0 Å². The number of aryl methyl sites for hydroxylation is 2. The molecule has 28 heavy (non-hydrogen) atoms. The van der Waals surface area contributed by atoms with E-state index in [4.69, 9.17) is 4.74 Å². The molecule has 1 amide bonds. The molecular formula is C21H27N5O2. The van der Waals surface area contributed by atoms with Gasteiger partial charge in [0, 0.05) is 26.4 Å². The van der Waals surface area contributed by atoms with E-state index in [1.807, 2.05) is 36.9 Å². The van der Waals surface area contributed by atoms with Crippen LogP contribution < -0.4 is 5.32 Å². The van der Waals surface area contributed by atoms with E-state index in [2.05, 4.69) is 20.3 Å². The maximum absolute atomic E-state index is 13.1. The van der Waals surface area contributed by atoms with Crippen LogP contribution in [0.5, 0.6) is 0 Å². The first-order valence-electron chi connectivity index (χ1n) is 9.84. The van der Waals surface area contributed by atoms with Crippen LogP contribution in [0.2, 0.25) is 0 Å². The summed E-state index contributed by atoms with van der Waals surface area (Å²) in [5, 5.41) is 3.53. The van der Waals surface area contributed by atoms with Crippen molar-refractivity contribution in [1.82, 2.24) is 19.9 Å². The molecule has 4 atom stereocenters. The molecule has 1 aliphatic carbocycles. The molecule has 4 rings (SSSR count). The minimum atomic E-state index is 0.0493. The van der Waals surface area contributed by atoms with Gasteiger partial charge in [-0.1, -0.05) is 6.07 Å². The van der Waals surface area contributed by atoms with Gasteiger partial charge < -0.3 is 15.0 Å². The van der Waals surface area contributed by atoms with Crippen LogP contribution in [0.4, 0.5) is 5.82 Å². The molecule has 2 fully saturated rings. The highest BCUT2D eigenvalue weighted by atomic mass is 16.5. The van der Waals surface area contributed by atoms with Crippen molar-refractivity contribution < 1.29 is 9.53 Å². The second-order valence-electron chi connectivity index (χ2n) is 7.86. The molecule has 3 heterocycles. The number of hydrogen-bond acceptors (Lipinski definition) is 6. The molecule has 148 valence electrons. The SMILES string of the molecule is CO[C@@H]1C[C@H]2CN(C(=O)c3c(C)ncnc3C)C[C@H]2C[C@H]1Nc1ccccn1. The third-order valence-corrected chi connectivity index (χ3v) is 6.15. The van der Waals surface area contributed by atoms with Gasteiger partial charge in [0.2, 0.25) is 0 Å². The van der Waals surface area contributed by atoms with E-state index in [1.54, 1.807) is 13.3 Å². The van der Waals surface area contributed by atoms with Crippen molar-refractivity contribution in [2.45, 2.75) is 38.8 Å². The van der Waals surface area contributed by atoms with E-state index < -0.39 is 0 Å². The van der Waals surface area contributed by atoms with Gasteiger partial charge in [-0.2, -0.15) is 0 Å². The highest BCUT2D eigenvalue weighted by Crippen LogP contribution is 2.39. The zero-order valence-electron chi connectivity index (χ0n) is 16.6. The molecule has 1 N–H and O–H groups in total. The van der Waals surface area contributed by atoms with Crippen LogP contribution in [-0.4, -0.2) is 58.1 Å². The van der Waals surface area contributed by atoms with E-state index in [0.29, 0.717) is 17.4 Å². The number of methoxy groups -OCH3 is 1. The molecule has 2 aromatic heterocycles. The maximum atomic E-state index is 13.1. The molecular weight excluding hydrogens is 354 g/mol. The highest BCUT2D eigenvalue weighted by molar-refractivity contribution is 5.96. The lowest BCUT2D eigenvalue weighted by Gasteiger charge is -2.37. The van der Waals surface area contributed by atoms with Crippen molar-refractivity contribution >= 4 is 11.7 Å². The second kappa shape index (κ2) is 7.83. The Bertz CT molecular complexity index is 824. The van der Waals surface area contributed by atoms with Gasteiger partial charge in [0.15, 0.2) is 0 Å². The smallest absolute Gasteiger partial charge is 0.257 e. The summed E-state index contributed by atoms with van der Waals surface area (Å²) < 4.78 is 5.79. The molecule has 0 unspecified atom stereocenters. The topological polar surface area (TPSA) is 80.2 Å². The zero-order chi connectivity index (χ0) is 19.7. The van der Waals surface area contributed by atoms with E-state index in [0.717, 1.165) is 43.1 Å². The molecule has 0 bridgehead atoms. The number of anilines is 1. The lowest BCUT2D eigenvalue weighted by Crippen LogP contribution is -2.44. The van der Waals surface area contributed by atoms with E-state index in [1.165, 1.54) is 6.33 Å². The largest absolute Gasteiger partial charge is 0.379 e. The third kappa shape index (κ3) is 3.58. The predicted molar refractivity (Wildman–Crippen MR) is 106 cm³/mol. The Morgan fingerprint density at radius 2 is 1.82 bits per heavy atom. The van der Waals surface area contributed by atoms with E-state index in [9.17, 15) is 4.79 Å². The number of fused-ring (bicyclic) bond motifs is 1. The van der Waals surface area contributed by atoms with Gasteiger partial charge in [-0.05, 0) is 50.7 Å². The number of carbonyl (C=O) groups excluding carboxylic acids is 1. The summed E-state index contributed by atoms with van der Waals surface area (Å²) in [7, 11) is 1.77. The lowest BCUT2D eigenvalue weighted by molar-refractivity contribution is 0.0304. The molecule has 2 aliphatic rings. The predicted octanol–water partition coefficient (Wildman–Crippen LogP) is 2.47. The molecule has 1 saturated heterocycles. The summed E-state index contributed by atoms with van der Waals surface area (Å²) in [6, 6.07) is 6.06. The van der Waals surface area contributed by atoms with Crippen LogP contribution in [0.15, 0.2) is 30.7 Å². The normalized spacial score (nSPS) is 26.8. The number of carbonyl (C=O) groups is 1. The van der Waals surface area contributed by atoms with Gasteiger partial charge >= 0.3 is 0 Å².